The summed E-state index contributed by atoms with van der Waals surface area (Å²) in [7, 11) is 0. The summed E-state index contributed by atoms with van der Waals surface area (Å²) in [5, 5.41) is 3.91. The van der Waals surface area contributed by atoms with E-state index in [1.165, 1.54) is 25.1 Å². The van der Waals surface area contributed by atoms with E-state index >= 15 is 0 Å². The minimum atomic E-state index is -0.396. The SMILES string of the molecule is CC(=O)c1c(C)nsc1Nc1cc(F)ccc1Cl. The molecule has 0 bridgehead atoms. The molecule has 94 valence electrons. The van der Waals surface area contributed by atoms with Crippen molar-refractivity contribution in [3.63, 3.8) is 0 Å². The van der Waals surface area contributed by atoms with E-state index in [4.69, 9.17) is 11.6 Å². The summed E-state index contributed by atoms with van der Waals surface area (Å²) in [5.74, 6) is -0.483. The smallest absolute Gasteiger partial charge is 0.164 e. The molecule has 3 nitrogen and oxygen atoms in total. The van der Waals surface area contributed by atoms with E-state index < -0.39 is 5.82 Å². The van der Waals surface area contributed by atoms with Gasteiger partial charge in [0.2, 0.25) is 0 Å². The summed E-state index contributed by atoms with van der Waals surface area (Å²) in [5.41, 5.74) is 1.59. The number of nitrogens with one attached hydrogen (secondary N) is 1. The molecule has 0 saturated carbocycles. The van der Waals surface area contributed by atoms with Crippen LogP contribution in [-0.2, 0) is 0 Å². The fraction of sp³-hybridized carbons (Fsp3) is 0.167. The van der Waals surface area contributed by atoms with Crippen molar-refractivity contribution in [2.45, 2.75) is 13.8 Å². The number of aryl methyl sites for hydroxylation is 1. The molecular formula is C12H10ClFN2OS. The Hall–Kier alpha value is -1.46. The molecule has 1 heterocycles. The number of ketones is 1. The van der Waals surface area contributed by atoms with Crippen LogP contribution in [0.25, 0.3) is 0 Å². The molecular weight excluding hydrogens is 275 g/mol. The van der Waals surface area contributed by atoms with Crippen LogP contribution in [0.4, 0.5) is 15.1 Å². The third-order valence-electron chi connectivity index (χ3n) is 2.39. The number of benzene rings is 1. The van der Waals surface area contributed by atoms with Gasteiger partial charge >= 0.3 is 0 Å². The zero-order valence-electron chi connectivity index (χ0n) is 9.75. The Morgan fingerprint density at radius 2 is 2.22 bits per heavy atom. The van der Waals surface area contributed by atoms with Gasteiger partial charge in [-0.05, 0) is 43.6 Å². The van der Waals surface area contributed by atoms with Gasteiger partial charge in [-0.15, -0.1) is 0 Å². The zero-order valence-corrected chi connectivity index (χ0v) is 11.3. The van der Waals surface area contributed by atoms with Crippen LogP contribution in [0, 0.1) is 12.7 Å². The van der Waals surface area contributed by atoms with Crippen molar-refractivity contribution in [3.8, 4) is 0 Å². The number of aromatic nitrogens is 1. The lowest BCUT2D eigenvalue weighted by Gasteiger charge is -2.07. The quantitative estimate of drug-likeness (QED) is 0.859. The Bertz CT molecular complexity index is 612. The van der Waals surface area contributed by atoms with Crippen molar-refractivity contribution in [2.24, 2.45) is 0 Å². The summed E-state index contributed by atoms with van der Waals surface area (Å²) in [4.78, 5) is 11.5. The largest absolute Gasteiger partial charge is 0.344 e. The molecule has 0 saturated heterocycles. The number of rotatable bonds is 3. The van der Waals surface area contributed by atoms with Crippen LogP contribution >= 0.6 is 23.1 Å². The molecule has 2 rings (SSSR count). The van der Waals surface area contributed by atoms with E-state index in [1.54, 1.807) is 6.92 Å². The highest BCUT2D eigenvalue weighted by molar-refractivity contribution is 7.10. The molecule has 0 aliphatic heterocycles. The average Bonchev–Trinajstić information content (AvgIpc) is 2.65. The Morgan fingerprint density at radius 3 is 2.89 bits per heavy atom. The molecule has 6 heteroatoms. The predicted molar refractivity (Wildman–Crippen MR) is 71.5 cm³/mol. The minimum absolute atomic E-state index is 0.0868. The average molecular weight is 285 g/mol. The lowest BCUT2D eigenvalue weighted by molar-refractivity contribution is 0.101. The molecule has 1 aromatic carbocycles. The fourth-order valence-corrected chi connectivity index (χ4v) is 2.61. The van der Waals surface area contributed by atoms with E-state index in [-0.39, 0.29) is 5.78 Å². The number of carbonyl (C=O) groups excluding carboxylic acids is 1. The summed E-state index contributed by atoms with van der Waals surface area (Å²) in [6.45, 7) is 3.22. The summed E-state index contributed by atoms with van der Waals surface area (Å²) in [6.07, 6.45) is 0. The molecule has 1 aromatic heterocycles. The molecule has 0 fully saturated rings. The van der Waals surface area contributed by atoms with E-state index in [9.17, 15) is 9.18 Å². The lowest BCUT2D eigenvalue weighted by atomic mass is 10.2. The number of anilines is 2. The van der Waals surface area contributed by atoms with Gasteiger partial charge in [0.05, 0.1) is 22.0 Å². The molecule has 18 heavy (non-hydrogen) atoms. The molecule has 2 aromatic rings. The first-order chi connectivity index (χ1) is 8.49. The second-order valence-corrected chi connectivity index (χ2v) is 4.96. The van der Waals surface area contributed by atoms with Gasteiger partial charge in [0, 0.05) is 0 Å². The van der Waals surface area contributed by atoms with Crippen LogP contribution in [-0.4, -0.2) is 10.2 Å². The fourth-order valence-electron chi connectivity index (χ4n) is 1.59. The van der Waals surface area contributed by atoms with Crippen LogP contribution in [0.3, 0.4) is 0 Å². The normalized spacial score (nSPS) is 10.4. The summed E-state index contributed by atoms with van der Waals surface area (Å²) >= 11 is 7.11. The van der Waals surface area contributed by atoms with E-state index in [0.717, 1.165) is 11.5 Å². The first-order valence-corrected chi connectivity index (χ1v) is 6.33. The molecule has 0 aliphatic carbocycles. The second kappa shape index (κ2) is 5.04. The number of hydrogen-bond donors (Lipinski definition) is 1. The van der Waals surface area contributed by atoms with Gasteiger partial charge in [-0.2, -0.15) is 4.37 Å². The maximum Gasteiger partial charge on any atom is 0.164 e. The Kier molecular flexibility index (Phi) is 3.63. The summed E-state index contributed by atoms with van der Waals surface area (Å²) < 4.78 is 17.2. The highest BCUT2D eigenvalue weighted by Crippen LogP contribution is 2.32. The molecule has 0 aliphatic rings. The first-order valence-electron chi connectivity index (χ1n) is 5.18. The molecule has 0 radical (unpaired) electrons. The molecule has 0 unspecified atom stereocenters. The first kappa shape index (κ1) is 13.0. The van der Waals surface area contributed by atoms with Gasteiger partial charge in [-0.25, -0.2) is 4.39 Å². The van der Waals surface area contributed by atoms with E-state index in [2.05, 4.69) is 9.69 Å². The monoisotopic (exact) mass is 284 g/mol. The molecule has 1 N–H and O–H groups in total. The molecule has 0 amide bonds. The van der Waals surface area contributed by atoms with Crippen molar-refractivity contribution >= 4 is 39.6 Å². The molecule has 0 atom stereocenters. The topological polar surface area (TPSA) is 42.0 Å². The third kappa shape index (κ3) is 2.52. The number of Topliss-reactive ketones (excluding diaryl/α,β-unsaturated/α-hetero) is 1. The number of nitrogens with zero attached hydrogens (tertiary/aromatic N) is 1. The predicted octanol–water partition coefficient (Wildman–Crippen LogP) is 4.19. The maximum atomic E-state index is 13.1. The lowest BCUT2D eigenvalue weighted by Crippen LogP contribution is -1.99. The van der Waals surface area contributed by atoms with E-state index in [0.29, 0.717) is 27.0 Å². The van der Waals surface area contributed by atoms with Crippen molar-refractivity contribution < 1.29 is 9.18 Å². The standard InChI is InChI=1S/C12H10ClFN2OS/c1-6-11(7(2)17)12(18-16-6)15-10-5-8(14)3-4-9(10)13/h3-5,15H,1-2H3. The number of carbonyl (C=O) groups is 1. The highest BCUT2D eigenvalue weighted by atomic mass is 35.5. The van der Waals surface area contributed by atoms with Gasteiger partial charge in [-0.1, -0.05) is 11.6 Å². The van der Waals surface area contributed by atoms with Crippen molar-refractivity contribution in [1.82, 2.24) is 4.37 Å². The second-order valence-electron chi connectivity index (χ2n) is 3.78. The van der Waals surface area contributed by atoms with Crippen LogP contribution in [0.15, 0.2) is 18.2 Å². The maximum absolute atomic E-state index is 13.1. The Balaban J connectivity index is 2.40. The van der Waals surface area contributed by atoms with Crippen LogP contribution < -0.4 is 5.32 Å². The Labute approximate surface area is 113 Å². The van der Waals surface area contributed by atoms with Crippen LogP contribution in [0.1, 0.15) is 23.0 Å². The van der Waals surface area contributed by atoms with Crippen molar-refractivity contribution in [3.05, 3.63) is 40.3 Å². The highest BCUT2D eigenvalue weighted by Gasteiger charge is 2.15. The summed E-state index contributed by atoms with van der Waals surface area (Å²) in [6, 6.07) is 4.01. The third-order valence-corrected chi connectivity index (χ3v) is 3.57. The number of hydrogen-bond acceptors (Lipinski definition) is 4. The minimum Gasteiger partial charge on any atom is -0.344 e. The van der Waals surface area contributed by atoms with Crippen LogP contribution in [0.5, 0.6) is 0 Å². The van der Waals surface area contributed by atoms with Gasteiger partial charge < -0.3 is 5.32 Å². The van der Waals surface area contributed by atoms with Gasteiger partial charge in [0.25, 0.3) is 0 Å². The van der Waals surface area contributed by atoms with E-state index in [1.807, 2.05) is 0 Å². The Morgan fingerprint density at radius 1 is 1.50 bits per heavy atom. The zero-order chi connectivity index (χ0) is 13.3. The van der Waals surface area contributed by atoms with Gasteiger partial charge in [0.1, 0.15) is 10.8 Å². The van der Waals surface area contributed by atoms with Crippen LogP contribution in [0.2, 0.25) is 5.02 Å². The molecule has 0 spiro atoms. The van der Waals surface area contributed by atoms with Gasteiger partial charge in [-0.3, -0.25) is 4.79 Å². The number of halogens is 2. The van der Waals surface area contributed by atoms with Crippen molar-refractivity contribution in [1.29, 1.82) is 0 Å². The van der Waals surface area contributed by atoms with Gasteiger partial charge in [0.15, 0.2) is 5.78 Å². The van der Waals surface area contributed by atoms with Crippen molar-refractivity contribution in [2.75, 3.05) is 5.32 Å².